The topological polar surface area (TPSA) is 49.2 Å². The second-order valence-electron chi connectivity index (χ2n) is 4.50. The molecule has 3 rings (SSSR count). The predicted molar refractivity (Wildman–Crippen MR) is 66.9 cm³/mol. The van der Waals surface area contributed by atoms with Crippen molar-refractivity contribution in [1.82, 2.24) is 9.97 Å². The average Bonchev–Trinajstić information content (AvgIpc) is 2.87. The number of aliphatic hydroxyl groups is 1. The molecule has 1 fully saturated rings. The molecular formula is C13H15N3O. The third-order valence-corrected chi connectivity index (χ3v) is 3.30. The van der Waals surface area contributed by atoms with Gasteiger partial charge in [0.25, 0.3) is 0 Å². The van der Waals surface area contributed by atoms with Crippen LogP contribution in [0, 0.1) is 5.92 Å². The Morgan fingerprint density at radius 2 is 2.12 bits per heavy atom. The Bertz CT molecular complexity index is 529. The van der Waals surface area contributed by atoms with Gasteiger partial charge in [-0.1, -0.05) is 12.1 Å². The first kappa shape index (κ1) is 10.5. The number of aliphatic hydroxyl groups excluding tert-OH is 1. The van der Waals surface area contributed by atoms with Crippen LogP contribution in [0.1, 0.15) is 6.42 Å². The fourth-order valence-corrected chi connectivity index (χ4v) is 2.29. The van der Waals surface area contributed by atoms with Crippen molar-refractivity contribution in [2.45, 2.75) is 6.42 Å². The van der Waals surface area contributed by atoms with Crippen molar-refractivity contribution in [1.29, 1.82) is 0 Å². The number of fused-ring (bicyclic) bond motifs is 1. The summed E-state index contributed by atoms with van der Waals surface area (Å²) in [6.07, 6.45) is 2.85. The van der Waals surface area contributed by atoms with E-state index in [1.54, 1.807) is 0 Å². The summed E-state index contributed by atoms with van der Waals surface area (Å²) in [5, 5.41) is 9.14. The molecule has 2 aromatic rings. The van der Waals surface area contributed by atoms with Crippen LogP contribution in [0.15, 0.2) is 30.5 Å². The van der Waals surface area contributed by atoms with Crippen LogP contribution in [-0.4, -0.2) is 34.8 Å². The van der Waals surface area contributed by atoms with E-state index in [0.29, 0.717) is 5.92 Å². The molecule has 1 atom stereocenters. The molecule has 1 aliphatic rings. The van der Waals surface area contributed by atoms with E-state index < -0.39 is 0 Å². The lowest BCUT2D eigenvalue weighted by Gasteiger charge is -2.16. The molecule has 2 heterocycles. The third-order valence-electron chi connectivity index (χ3n) is 3.30. The standard InChI is InChI=1S/C13H15N3O/c17-9-10-5-6-16(8-10)13-7-14-11-3-1-2-4-12(11)15-13/h1-4,7,10,17H,5-6,8-9H2/t10-/m1/s1. The predicted octanol–water partition coefficient (Wildman–Crippen LogP) is 1.45. The molecule has 1 aromatic heterocycles. The molecule has 0 aliphatic carbocycles. The number of benzene rings is 1. The Balaban J connectivity index is 1.91. The first-order valence-corrected chi connectivity index (χ1v) is 5.94. The minimum Gasteiger partial charge on any atom is -0.396 e. The van der Waals surface area contributed by atoms with E-state index in [0.717, 1.165) is 36.4 Å². The summed E-state index contributed by atoms with van der Waals surface area (Å²) in [6, 6.07) is 7.88. The zero-order chi connectivity index (χ0) is 11.7. The summed E-state index contributed by atoms with van der Waals surface area (Å²) in [6.45, 7) is 2.10. The van der Waals surface area contributed by atoms with Crippen LogP contribution < -0.4 is 4.90 Å². The lowest BCUT2D eigenvalue weighted by molar-refractivity contribution is 0.238. The van der Waals surface area contributed by atoms with Gasteiger partial charge < -0.3 is 10.0 Å². The van der Waals surface area contributed by atoms with Crippen LogP contribution >= 0.6 is 0 Å². The number of aromatic nitrogens is 2. The molecule has 17 heavy (non-hydrogen) atoms. The minimum absolute atomic E-state index is 0.261. The van der Waals surface area contributed by atoms with Crippen LogP contribution in [0.5, 0.6) is 0 Å². The van der Waals surface area contributed by atoms with Gasteiger partial charge in [0.1, 0.15) is 5.82 Å². The van der Waals surface area contributed by atoms with Gasteiger partial charge in [-0.3, -0.25) is 4.98 Å². The molecule has 0 saturated carbocycles. The van der Waals surface area contributed by atoms with E-state index in [-0.39, 0.29) is 6.61 Å². The second-order valence-corrected chi connectivity index (χ2v) is 4.50. The maximum Gasteiger partial charge on any atom is 0.147 e. The van der Waals surface area contributed by atoms with Crippen LogP contribution in [-0.2, 0) is 0 Å². The summed E-state index contributed by atoms with van der Waals surface area (Å²) in [5.41, 5.74) is 1.85. The monoisotopic (exact) mass is 229 g/mol. The normalized spacial score (nSPS) is 20.1. The highest BCUT2D eigenvalue weighted by Crippen LogP contribution is 2.22. The second kappa shape index (κ2) is 4.30. The Morgan fingerprint density at radius 1 is 1.29 bits per heavy atom. The van der Waals surface area contributed by atoms with Crippen molar-refractivity contribution in [2.24, 2.45) is 5.92 Å². The van der Waals surface area contributed by atoms with Crippen LogP contribution in [0.4, 0.5) is 5.82 Å². The van der Waals surface area contributed by atoms with E-state index in [4.69, 9.17) is 5.11 Å². The lowest BCUT2D eigenvalue weighted by atomic mass is 10.1. The average molecular weight is 229 g/mol. The van der Waals surface area contributed by atoms with E-state index >= 15 is 0 Å². The molecular weight excluding hydrogens is 214 g/mol. The molecule has 1 aromatic carbocycles. The summed E-state index contributed by atoms with van der Waals surface area (Å²) >= 11 is 0. The van der Waals surface area contributed by atoms with Gasteiger partial charge in [0.15, 0.2) is 0 Å². The highest BCUT2D eigenvalue weighted by atomic mass is 16.3. The Labute approximate surface area is 99.9 Å². The fourth-order valence-electron chi connectivity index (χ4n) is 2.29. The molecule has 1 N–H and O–H groups in total. The summed E-state index contributed by atoms with van der Waals surface area (Å²) < 4.78 is 0. The minimum atomic E-state index is 0.261. The molecule has 0 amide bonds. The van der Waals surface area contributed by atoms with E-state index in [1.807, 2.05) is 30.5 Å². The quantitative estimate of drug-likeness (QED) is 0.846. The Morgan fingerprint density at radius 3 is 2.88 bits per heavy atom. The van der Waals surface area contributed by atoms with Crippen LogP contribution in [0.2, 0.25) is 0 Å². The maximum absolute atomic E-state index is 9.14. The van der Waals surface area contributed by atoms with Gasteiger partial charge in [0, 0.05) is 25.6 Å². The van der Waals surface area contributed by atoms with Crippen LogP contribution in [0.3, 0.4) is 0 Å². The van der Waals surface area contributed by atoms with Gasteiger partial charge in [-0.15, -0.1) is 0 Å². The van der Waals surface area contributed by atoms with Crippen molar-refractivity contribution in [3.05, 3.63) is 30.5 Å². The Hall–Kier alpha value is -1.68. The highest BCUT2D eigenvalue weighted by molar-refractivity contribution is 5.75. The molecule has 0 bridgehead atoms. The van der Waals surface area contributed by atoms with Crippen LogP contribution in [0.25, 0.3) is 11.0 Å². The molecule has 4 heteroatoms. The number of rotatable bonds is 2. The number of hydrogen-bond donors (Lipinski definition) is 1. The fraction of sp³-hybridized carbons (Fsp3) is 0.385. The summed E-state index contributed by atoms with van der Waals surface area (Å²) in [5.74, 6) is 1.29. The largest absolute Gasteiger partial charge is 0.396 e. The van der Waals surface area contributed by atoms with Gasteiger partial charge in [-0.05, 0) is 18.6 Å². The SMILES string of the molecule is OC[C@@H]1CCN(c2cnc3ccccc3n2)C1. The number of para-hydroxylation sites is 2. The smallest absolute Gasteiger partial charge is 0.147 e. The van der Waals surface area contributed by atoms with Crippen molar-refractivity contribution in [3.8, 4) is 0 Å². The molecule has 0 spiro atoms. The van der Waals surface area contributed by atoms with Gasteiger partial charge in [0.2, 0.25) is 0 Å². The first-order chi connectivity index (χ1) is 8.36. The van der Waals surface area contributed by atoms with Crippen molar-refractivity contribution < 1.29 is 5.11 Å². The number of anilines is 1. The lowest BCUT2D eigenvalue weighted by Crippen LogP contribution is -2.21. The van der Waals surface area contributed by atoms with Crippen molar-refractivity contribution in [2.75, 3.05) is 24.6 Å². The Kier molecular flexibility index (Phi) is 2.65. The summed E-state index contributed by atoms with van der Waals surface area (Å²) in [7, 11) is 0. The molecule has 0 unspecified atom stereocenters. The molecule has 0 radical (unpaired) electrons. The van der Waals surface area contributed by atoms with Gasteiger partial charge >= 0.3 is 0 Å². The van der Waals surface area contributed by atoms with Gasteiger partial charge in [-0.2, -0.15) is 0 Å². The zero-order valence-corrected chi connectivity index (χ0v) is 9.58. The van der Waals surface area contributed by atoms with Crippen molar-refractivity contribution in [3.63, 3.8) is 0 Å². The molecule has 4 nitrogen and oxygen atoms in total. The zero-order valence-electron chi connectivity index (χ0n) is 9.58. The number of hydrogen-bond acceptors (Lipinski definition) is 4. The third kappa shape index (κ3) is 1.96. The van der Waals surface area contributed by atoms with Crippen molar-refractivity contribution >= 4 is 16.9 Å². The van der Waals surface area contributed by atoms with Gasteiger partial charge in [0.05, 0.1) is 17.2 Å². The first-order valence-electron chi connectivity index (χ1n) is 5.94. The number of nitrogens with zero attached hydrogens (tertiary/aromatic N) is 3. The molecule has 88 valence electrons. The maximum atomic E-state index is 9.14. The highest BCUT2D eigenvalue weighted by Gasteiger charge is 2.22. The van der Waals surface area contributed by atoms with Gasteiger partial charge in [-0.25, -0.2) is 4.98 Å². The molecule has 1 saturated heterocycles. The van der Waals surface area contributed by atoms with E-state index in [1.165, 1.54) is 0 Å². The van der Waals surface area contributed by atoms with E-state index in [2.05, 4.69) is 14.9 Å². The molecule has 1 aliphatic heterocycles. The van der Waals surface area contributed by atoms with E-state index in [9.17, 15) is 0 Å². The summed E-state index contributed by atoms with van der Waals surface area (Å²) in [4.78, 5) is 11.2.